The van der Waals surface area contributed by atoms with Gasteiger partial charge in [-0.1, -0.05) is 12.1 Å². The molecule has 2 aromatic rings. The fourth-order valence-electron chi connectivity index (χ4n) is 2.78. The first-order valence-corrected chi connectivity index (χ1v) is 8.06. The minimum atomic E-state index is 0.557. The van der Waals surface area contributed by atoms with E-state index in [4.69, 9.17) is 0 Å². The van der Waals surface area contributed by atoms with Gasteiger partial charge in [0.05, 0.1) is 10.7 Å². The van der Waals surface area contributed by atoms with Gasteiger partial charge in [0.2, 0.25) is 0 Å². The molecule has 1 aliphatic heterocycles. The van der Waals surface area contributed by atoms with Crippen LogP contribution in [0.25, 0.3) is 11.3 Å². The Morgan fingerprint density at radius 3 is 3.05 bits per heavy atom. The van der Waals surface area contributed by atoms with Crippen molar-refractivity contribution in [1.29, 1.82) is 0 Å². The van der Waals surface area contributed by atoms with Crippen LogP contribution in [0.5, 0.6) is 0 Å². The Hall–Kier alpha value is -1.39. The summed E-state index contributed by atoms with van der Waals surface area (Å²) in [5.41, 5.74) is 3.48. The molecule has 0 saturated carbocycles. The molecule has 1 aromatic carbocycles. The molecule has 2 heterocycles. The Kier molecular flexibility index (Phi) is 4.03. The van der Waals surface area contributed by atoms with Crippen LogP contribution in [-0.2, 0) is 0 Å². The summed E-state index contributed by atoms with van der Waals surface area (Å²) in [7, 11) is 2.20. The van der Waals surface area contributed by atoms with E-state index in [2.05, 4.69) is 51.9 Å². The summed E-state index contributed by atoms with van der Waals surface area (Å²) in [6.45, 7) is 4.39. The third-order valence-corrected chi connectivity index (χ3v) is 4.55. The minimum Gasteiger partial charge on any atom is -0.381 e. The highest BCUT2D eigenvalue weighted by atomic mass is 32.1. The Morgan fingerprint density at radius 1 is 1.40 bits per heavy atom. The number of nitrogens with one attached hydrogen (secondary N) is 1. The fourth-order valence-corrected chi connectivity index (χ4v) is 3.41. The van der Waals surface area contributed by atoms with Crippen LogP contribution in [0.4, 0.5) is 5.69 Å². The Labute approximate surface area is 124 Å². The van der Waals surface area contributed by atoms with Gasteiger partial charge in [-0.25, -0.2) is 4.98 Å². The minimum absolute atomic E-state index is 0.557. The van der Waals surface area contributed by atoms with Gasteiger partial charge in [0.15, 0.2) is 0 Å². The molecule has 20 heavy (non-hydrogen) atoms. The molecule has 1 unspecified atom stereocenters. The lowest BCUT2D eigenvalue weighted by Crippen LogP contribution is -2.39. The van der Waals surface area contributed by atoms with Crippen molar-refractivity contribution in [2.45, 2.75) is 25.8 Å². The van der Waals surface area contributed by atoms with E-state index in [1.54, 1.807) is 11.3 Å². The van der Waals surface area contributed by atoms with E-state index in [0.717, 1.165) is 17.2 Å². The standard InChI is InChI=1S/C16H21N3S/c1-12-17-16(11-20-12)13-5-3-6-14(9-13)18-15-7-4-8-19(2)10-15/h3,5-6,9,11,15,18H,4,7-8,10H2,1-2H3. The second-order valence-corrected chi connectivity index (χ2v) is 6.64. The van der Waals surface area contributed by atoms with E-state index in [-0.39, 0.29) is 0 Å². The number of benzene rings is 1. The monoisotopic (exact) mass is 287 g/mol. The molecule has 0 amide bonds. The molecular formula is C16H21N3S. The van der Waals surface area contributed by atoms with Gasteiger partial charge >= 0.3 is 0 Å². The Morgan fingerprint density at radius 2 is 2.30 bits per heavy atom. The van der Waals surface area contributed by atoms with Gasteiger partial charge in [-0.15, -0.1) is 11.3 Å². The lowest BCUT2D eigenvalue weighted by Gasteiger charge is -2.31. The van der Waals surface area contributed by atoms with E-state index in [9.17, 15) is 0 Å². The van der Waals surface area contributed by atoms with Gasteiger partial charge in [0, 0.05) is 29.2 Å². The normalized spacial score (nSPS) is 20.0. The maximum Gasteiger partial charge on any atom is 0.0901 e. The first-order valence-electron chi connectivity index (χ1n) is 7.18. The molecule has 0 spiro atoms. The van der Waals surface area contributed by atoms with Crippen molar-refractivity contribution in [3.05, 3.63) is 34.7 Å². The zero-order valence-corrected chi connectivity index (χ0v) is 12.9. The van der Waals surface area contributed by atoms with E-state index >= 15 is 0 Å². The number of anilines is 1. The number of thiazole rings is 1. The van der Waals surface area contributed by atoms with E-state index in [1.807, 2.05) is 6.92 Å². The highest BCUT2D eigenvalue weighted by Crippen LogP contribution is 2.25. The molecule has 1 aromatic heterocycles. The summed E-state index contributed by atoms with van der Waals surface area (Å²) >= 11 is 1.70. The highest BCUT2D eigenvalue weighted by molar-refractivity contribution is 7.09. The molecule has 1 atom stereocenters. The van der Waals surface area contributed by atoms with Crippen molar-refractivity contribution in [2.75, 3.05) is 25.5 Å². The number of aromatic nitrogens is 1. The maximum absolute atomic E-state index is 4.56. The molecule has 3 rings (SSSR count). The average Bonchev–Trinajstić information content (AvgIpc) is 2.86. The van der Waals surface area contributed by atoms with Crippen molar-refractivity contribution >= 4 is 17.0 Å². The zero-order chi connectivity index (χ0) is 13.9. The first kappa shape index (κ1) is 13.6. The Balaban J connectivity index is 1.74. The first-order chi connectivity index (χ1) is 9.70. The van der Waals surface area contributed by atoms with Crippen molar-refractivity contribution in [3.63, 3.8) is 0 Å². The van der Waals surface area contributed by atoms with Crippen LogP contribution >= 0.6 is 11.3 Å². The van der Waals surface area contributed by atoms with Crippen molar-refractivity contribution in [2.24, 2.45) is 0 Å². The van der Waals surface area contributed by atoms with Crippen LogP contribution in [-0.4, -0.2) is 36.1 Å². The summed E-state index contributed by atoms with van der Waals surface area (Å²) in [6, 6.07) is 9.16. The quantitative estimate of drug-likeness (QED) is 0.934. The lowest BCUT2D eigenvalue weighted by atomic mass is 10.1. The summed E-state index contributed by atoms with van der Waals surface area (Å²) in [5.74, 6) is 0. The number of hydrogen-bond donors (Lipinski definition) is 1. The summed E-state index contributed by atoms with van der Waals surface area (Å²) in [6.07, 6.45) is 2.53. The van der Waals surface area contributed by atoms with Gasteiger partial charge in [0.25, 0.3) is 0 Å². The van der Waals surface area contributed by atoms with E-state index in [1.165, 1.54) is 30.6 Å². The highest BCUT2D eigenvalue weighted by Gasteiger charge is 2.16. The summed E-state index contributed by atoms with van der Waals surface area (Å²) < 4.78 is 0. The number of aryl methyl sites for hydroxylation is 1. The summed E-state index contributed by atoms with van der Waals surface area (Å²) in [5, 5.41) is 6.91. The molecule has 1 N–H and O–H groups in total. The molecule has 106 valence electrons. The number of rotatable bonds is 3. The fraction of sp³-hybridized carbons (Fsp3) is 0.438. The number of nitrogens with zero attached hydrogens (tertiary/aromatic N) is 2. The zero-order valence-electron chi connectivity index (χ0n) is 12.1. The topological polar surface area (TPSA) is 28.2 Å². The van der Waals surface area contributed by atoms with Crippen LogP contribution in [0.15, 0.2) is 29.6 Å². The number of hydrogen-bond acceptors (Lipinski definition) is 4. The predicted molar refractivity (Wildman–Crippen MR) is 86.4 cm³/mol. The second kappa shape index (κ2) is 5.94. The van der Waals surface area contributed by atoms with Crippen molar-refractivity contribution in [1.82, 2.24) is 9.88 Å². The third kappa shape index (κ3) is 3.19. The largest absolute Gasteiger partial charge is 0.381 e. The van der Waals surface area contributed by atoms with Gasteiger partial charge in [-0.2, -0.15) is 0 Å². The third-order valence-electron chi connectivity index (χ3n) is 3.77. The van der Waals surface area contributed by atoms with Gasteiger partial charge in [-0.05, 0) is 45.5 Å². The van der Waals surface area contributed by atoms with Crippen molar-refractivity contribution < 1.29 is 0 Å². The second-order valence-electron chi connectivity index (χ2n) is 5.58. The molecule has 4 heteroatoms. The van der Waals surface area contributed by atoms with Crippen LogP contribution in [0.2, 0.25) is 0 Å². The van der Waals surface area contributed by atoms with Gasteiger partial charge in [0.1, 0.15) is 0 Å². The maximum atomic E-state index is 4.56. The predicted octanol–water partition coefficient (Wildman–Crippen LogP) is 3.62. The average molecular weight is 287 g/mol. The SMILES string of the molecule is Cc1nc(-c2cccc(NC3CCCN(C)C3)c2)cs1. The van der Waals surface area contributed by atoms with Gasteiger partial charge < -0.3 is 10.2 Å². The van der Waals surface area contributed by atoms with Crippen LogP contribution < -0.4 is 5.32 Å². The molecule has 3 nitrogen and oxygen atoms in total. The summed E-state index contributed by atoms with van der Waals surface area (Å²) in [4.78, 5) is 6.96. The molecular weight excluding hydrogens is 266 g/mol. The molecule has 0 aliphatic carbocycles. The molecule has 1 fully saturated rings. The molecule has 0 radical (unpaired) electrons. The number of piperidine rings is 1. The van der Waals surface area contributed by atoms with Crippen LogP contribution in [0.3, 0.4) is 0 Å². The number of likely N-dealkylation sites (N-methyl/N-ethyl adjacent to an activating group) is 1. The lowest BCUT2D eigenvalue weighted by molar-refractivity contribution is 0.261. The van der Waals surface area contributed by atoms with Crippen LogP contribution in [0, 0.1) is 6.92 Å². The van der Waals surface area contributed by atoms with E-state index in [0.29, 0.717) is 6.04 Å². The smallest absolute Gasteiger partial charge is 0.0901 e. The number of likely N-dealkylation sites (tertiary alicyclic amines) is 1. The van der Waals surface area contributed by atoms with Crippen molar-refractivity contribution in [3.8, 4) is 11.3 Å². The van der Waals surface area contributed by atoms with Crippen LogP contribution in [0.1, 0.15) is 17.8 Å². The molecule has 1 saturated heterocycles. The van der Waals surface area contributed by atoms with E-state index < -0.39 is 0 Å². The van der Waals surface area contributed by atoms with Gasteiger partial charge in [-0.3, -0.25) is 0 Å². The Bertz CT molecular complexity index is 579. The molecule has 0 bridgehead atoms. The molecule has 1 aliphatic rings.